The molecule has 270 valence electrons. The molecule has 4 aromatic carbocycles. The first-order valence-corrected chi connectivity index (χ1v) is 17.9. The second-order valence-electron chi connectivity index (χ2n) is 12.1. The Labute approximate surface area is 314 Å². The van der Waals surface area contributed by atoms with Gasteiger partial charge in [-0.05, 0) is 104 Å². The monoisotopic (exact) mass is 740 g/mol. The number of hydrogen-bond acceptors (Lipinski definition) is 8. The van der Waals surface area contributed by atoms with Gasteiger partial charge in [0, 0.05) is 16.9 Å². The summed E-state index contributed by atoms with van der Waals surface area (Å²) in [5.41, 5.74) is 7.39. The zero-order chi connectivity index (χ0) is 37.9. The molecule has 0 saturated heterocycles. The molecule has 0 aliphatic heterocycles. The molecule has 0 bridgehead atoms. The average Bonchev–Trinajstić information content (AvgIpc) is 3.11. The minimum absolute atomic E-state index is 0.256. The number of carbonyl (C=O) groups is 4. The van der Waals surface area contributed by atoms with Crippen molar-refractivity contribution in [3.05, 3.63) is 105 Å². The van der Waals surface area contributed by atoms with E-state index in [-0.39, 0.29) is 15.7 Å². The summed E-state index contributed by atoms with van der Waals surface area (Å²) < 4.78 is 0. The van der Waals surface area contributed by atoms with Gasteiger partial charge >= 0.3 is 0 Å². The molecule has 4 aromatic rings. The number of halogens is 2. The number of anilines is 2. The van der Waals surface area contributed by atoms with Crippen molar-refractivity contribution in [2.75, 3.05) is 10.6 Å². The van der Waals surface area contributed by atoms with Crippen molar-refractivity contribution in [1.82, 2.24) is 0 Å². The third-order valence-electron chi connectivity index (χ3n) is 8.56. The van der Waals surface area contributed by atoms with E-state index in [4.69, 9.17) is 23.2 Å². The minimum atomic E-state index is -1.37. The van der Waals surface area contributed by atoms with Crippen LogP contribution in [0.15, 0.2) is 93.3 Å². The van der Waals surface area contributed by atoms with Gasteiger partial charge in [-0.3, -0.25) is 19.2 Å². The Morgan fingerprint density at radius 3 is 1.40 bits per heavy atom. The van der Waals surface area contributed by atoms with Crippen LogP contribution >= 0.6 is 23.2 Å². The number of ketones is 2. The lowest BCUT2D eigenvalue weighted by molar-refractivity contribution is -0.127. The molecular formula is C40H42Cl2N6O4. The van der Waals surface area contributed by atoms with Crippen molar-refractivity contribution < 1.29 is 19.2 Å². The third kappa shape index (κ3) is 9.63. The smallest absolute Gasteiger partial charge is 0.258 e. The molecule has 0 radical (unpaired) electrons. The zero-order valence-electron chi connectivity index (χ0n) is 30.1. The zero-order valence-corrected chi connectivity index (χ0v) is 31.6. The fraction of sp³-hybridized carbons (Fsp3) is 0.300. The second-order valence-corrected chi connectivity index (χ2v) is 12.9. The average molecular weight is 742 g/mol. The van der Waals surface area contributed by atoms with E-state index in [2.05, 4.69) is 31.1 Å². The number of azo groups is 2. The fourth-order valence-electron chi connectivity index (χ4n) is 5.88. The second kappa shape index (κ2) is 18.4. The number of rotatable bonds is 15. The summed E-state index contributed by atoms with van der Waals surface area (Å²) in [6, 6.07) is 18.5. The first-order valence-electron chi connectivity index (χ1n) is 17.2. The summed E-state index contributed by atoms with van der Waals surface area (Å²) in [5, 5.41) is 22.6. The van der Waals surface area contributed by atoms with Crippen LogP contribution in [0.3, 0.4) is 0 Å². The van der Waals surface area contributed by atoms with Crippen LogP contribution in [0.25, 0.3) is 11.1 Å². The summed E-state index contributed by atoms with van der Waals surface area (Å²) in [6.45, 7) is 10.7. The van der Waals surface area contributed by atoms with Gasteiger partial charge in [0.25, 0.3) is 11.8 Å². The van der Waals surface area contributed by atoms with Gasteiger partial charge in [-0.2, -0.15) is 20.5 Å². The molecule has 0 heterocycles. The Kier molecular flexibility index (Phi) is 14.1. The van der Waals surface area contributed by atoms with Crippen molar-refractivity contribution in [2.45, 2.75) is 79.3 Å². The standard InChI is InChI=1S/C40H42Cl2N6O4/c1-7-25-13-11-15-34(30(25)9-3)43-39(51)37(23(5)49)47-45-28-19-17-27(18-20-28)36-32(41)21-29(22-33(36)42)46-48-38(24(6)50)40(52)44-35-16-12-14-26(8-2)31(35)10-4/h11-22,37-38H,7-10H2,1-6H3,(H,43,51)(H,44,52). The van der Waals surface area contributed by atoms with Crippen LogP contribution in [0.1, 0.15) is 63.8 Å². The van der Waals surface area contributed by atoms with Gasteiger partial charge in [0.2, 0.25) is 12.1 Å². The lowest BCUT2D eigenvalue weighted by Gasteiger charge is -2.15. The predicted octanol–water partition coefficient (Wildman–Crippen LogP) is 10.3. The van der Waals surface area contributed by atoms with Gasteiger partial charge in [0.1, 0.15) is 0 Å². The molecule has 2 unspecified atom stereocenters. The van der Waals surface area contributed by atoms with Crippen molar-refractivity contribution in [3.63, 3.8) is 0 Å². The molecule has 0 aromatic heterocycles. The number of nitrogens with zero attached hydrogens (tertiary/aromatic N) is 4. The van der Waals surface area contributed by atoms with E-state index in [0.29, 0.717) is 28.2 Å². The van der Waals surface area contributed by atoms with Crippen molar-refractivity contribution in [3.8, 4) is 11.1 Å². The third-order valence-corrected chi connectivity index (χ3v) is 9.15. The molecule has 0 fully saturated rings. The first kappa shape index (κ1) is 39.7. The van der Waals surface area contributed by atoms with Gasteiger partial charge in [-0.1, -0.05) is 87.3 Å². The molecule has 0 saturated carbocycles. The molecule has 12 heteroatoms. The molecular weight excluding hydrogens is 699 g/mol. The largest absolute Gasteiger partial charge is 0.323 e. The molecule has 2 N–H and O–H groups in total. The van der Waals surface area contributed by atoms with Gasteiger partial charge in [-0.25, -0.2) is 0 Å². The highest BCUT2D eigenvalue weighted by molar-refractivity contribution is 6.39. The van der Waals surface area contributed by atoms with Crippen LogP contribution in [0, 0.1) is 0 Å². The lowest BCUT2D eigenvalue weighted by Crippen LogP contribution is -2.32. The van der Waals surface area contributed by atoms with Crippen LogP contribution in [-0.2, 0) is 44.9 Å². The Bertz CT molecular complexity index is 2000. The molecule has 0 aliphatic rings. The first-order chi connectivity index (χ1) is 24.9. The fourth-order valence-corrected chi connectivity index (χ4v) is 6.57. The summed E-state index contributed by atoms with van der Waals surface area (Å²) in [4.78, 5) is 51.0. The Morgan fingerprint density at radius 1 is 0.596 bits per heavy atom. The van der Waals surface area contributed by atoms with Gasteiger partial charge in [-0.15, -0.1) is 0 Å². The highest BCUT2D eigenvalue weighted by Gasteiger charge is 2.25. The lowest BCUT2D eigenvalue weighted by atomic mass is 10.0. The number of carbonyl (C=O) groups excluding carboxylic acids is 4. The Balaban J connectivity index is 1.49. The number of hydrogen-bond donors (Lipinski definition) is 2. The number of amides is 2. The van der Waals surface area contributed by atoms with E-state index in [9.17, 15) is 19.2 Å². The maximum Gasteiger partial charge on any atom is 0.258 e. The predicted molar refractivity (Wildman–Crippen MR) is 208 cm³/mol. The van der Waals surface area contributed by atoms with Crippen molar-refractivity contribution in [2.24, 2.45) is 20.5 Å². The molecule has 0 spiro atoms. The molecule has 10 nitrogen and oxygen atoms in total. The van der Waals surface area contributed by atoms with Crippen molar-refractivity contribution in [1.29, 1.82) is 0 Å². The maximum absolute atomic E-state index is 13.1. The molecule has 2 amide bonds. The quantitative estimate of drug-likeness (QED) is 0.0924. The number of nitrogens with one attached hydrogen (secondary N) is 2. The number of Topliss-reactive ketones (excluding diaryl/α,β-unsaturated/α-hetero) is 2. The Hall–Kier alpha value is -5.06. The summed E-state index contributed by atoms with van der Waals surface area (Å²) in [5.74, 6) is -2.07. The van der Waals surface area contributed by atoms with E-state index in [1.807, 2.05) is 58.0 Å². The van der Waals surface area contributed by atoms with Gasteiger partial charge < -0.3 is 10.6 Å². The number of benzene rings is 4. The Morgan fingerprint density at radius 2 is 1.02 bits per heavy atom. The maximum atomic E-state index is 13.1. The van der Waals surface area contributed by atoms with E-state index < -0.39 is 35.5 Å². The van der Waals surface area contributed by atoms with Crippen LogP contribution < -0.4 is 10.6 Å². The molecule has 2 atom stereocenters. The van der Waals surface area contributed by atoms with Gasteiger partial charge in [0.15, 0.2) is 11.6 Å². The summed E-state index contributed by atoms with van der Waals surface area (Å²) in [6.07, 6.45) is 3.08. The molecule has 0 aliphatic carbocycles. The highest BCUT2D eigenvalue weighted by atomic mass is 35.5. The minimum Gasteiger partial charge on any atom is -0.323 e. The van der Waals surface area contributed by atoms with Crippen LogP contribution in [0.2, 0.25) is 10.0 Å². The summed E-state index contributed by atoms with van der Waals surface area (Å²) in [7, 11) is 0. The van der Waals surface area contributed by atoms with Crippen LogP contribution in [-0.4, -0.2) is 35.5 Å². The van der Waals surface area contributed by atoms with Crippen LogP contribution in [0.4, 0.5) is 22.7 Å². The van der Waals surface area contributed by atoms with E-state index in [1.165, 1.54) is 26.0 Å². The normalized spacial score (nSPS) is 12.5. The van der Waals surface area contributed by atoms with Crippen molar-refractivity contribution >= 4 is 69.3 Å². The summed E-state index contributed by atoms with van der Waals surface area (Å²) >= 11 is 13.3. The molecule has 52 heavy (non-hydrogen) atoms. The molecule has 4 rings (SSSR count). The van der Waals surface area contributed by atoms with E-state index in [0.717, 1.165) is 47.9 Å². The highest BCUT2D eigenvalue weighted by Crippen LogP contribution is 2.39. The SMILES string of the molecule is CCc1cccc(NC(=O)C(N=Nc2ccc(-c3c(Cl)cc(N=NC(C(C)=O)C(=O)Nc4cccc(CC)c4CC)cc3Cl)cc2)C(C)=O)c1CC. The van der Waals surface area contributed by atoms with E-state index >= 15 is 0 Å². The van der Waals surface area contributed by atoms with Gasteiger partial charge in [0.05, 0.1) is 21.4 Å². The topological polar surface area (TPSA) is 142 Å². The van der Waals surface area contributed by atoms with Crippen LogP contribution in [0.5, 0.6) is 0 Å². The van der Waals surface area contributed by atoms with E-state index in [1.54, 1.807) is 30.3 Å². The number of aryl methyl sites for hydroxylation is 2.